The van der Waals surface area contributed by atoms with Gasteiger partial charge in [0.05, 0.1) is 25.0 Å². The van der Waals surface area contributed by atoms with E-state index in [1.54, 1.807) is 25.2 Å². The van der Waals surface area contributed by atoms with Crippen LogP contribution in [0.5, 0.6) is 0 Å². The maximum atomic E-state index is 12.0. The normalized spacial score (nSPS) is 11.5. The Hall–Kier alpha value is -3.86. The summed E-state index contributed by atoms with van der Waals surface area (Å²) < 4.78 is 12.1. The number of hydrogen-bond acceptors (Lipinski definition) is 9. The highest BCUT2D eigenvalue weighted by molar-refractivity contribution is 6.10. The van der Waals surface area contributed by atoms with E-state index in [-0.39, 0.29) is 19.3 Å². The fraction of sp³-hybridized carbons (Fsp3) is 0.364. The van der Waals surface area contributed by atoms with E-state index in [1.807, 2.05) is 44.2 Å². The summed E-state index contributed by atoms with van der Waals surface area (Å²) in [5.41, 5.74) is 1.87. The molecule has 0 spiro atoms. The first-order chi connectivity index (χ1) is 16.0. The van der Waals surface area contributed by atoms with Crippen molar-refractivity contribution >= 4 is 17.6 Å². The Morgan fingerprint density at radius 2 is 1.94 bits per heavy atom. The van der Waals surface area contributed by atoms with Crippen molar-refractivity contribution in [2.75, 3.05) is 18.5 Å². The molecule has 0 unspecified atom stereocenters. The zero-order chi connectivity index (χ0) is 23.5. The van der Waals surface area contributed by atoms with Crippen LogP contribution in [0.25, 0.3) is 0 Å². The number of benzene rings is 1. The van der Waals surface area contributed by atoms with E-state index in [0.717, 1.165) is 5.56 Å². The molecule has 0 atom stereocenters. The molecule has 0 saturated heterocycles. The van der Waals surface area contributed by atoms with Gasteiger partial charge in [-0.1, -0.05) is 41.6 Å². The summed E-state index contributed by atoms with van der Waals surface area (Å²) in [6.45, 7) is 4.78. The summed E-state index contributed by atoms with van der Waals surface area (Å²) in [6.07, 6.45) is 0.192. The molecule has 1 N–H and O–H groups in total. The highest BCUT2D eigenvalue weighted by Gasteiger charge is 2.15. The van der Waals surface area contributed by atoms with E-state index in [1.165, 1.54) is 4.68 Å². The van der Waals surface area contributed by atoms with Crippen LogP contribution in [-0.2, 0) is 28.0 Å². The summed E-state index contributed by atoms with van der Waals surface area (Å²) in [5, 5.41) is 18.4. The second kappa shape index (κ2) is 12.2. The minimum absolute atomic E-state index is 0.0821. The number of rotatable bonds is 11. The summed E-state index contributed by atoms with van der Waals surface area (Å²) >= 11 is 0. The van der Waals surface area contributed by atoms with Crippen LogP contribution in [0, 0.1) is 0 Å². The minimum Gasteiger partial charge on any atom is -0.449 e. The van der Waals surface area contributed by atoms with Gasteiger partial charge < -0.3 is 14.3 Å². The number of amides is 1. The van der Waals surface area contributed by atoms with E-state index in [9.17, 15) is 4.79 Å². The number of aryl methyl sites for hydroxylation is 1. The molecule has 0 radical (unpaired) electrons. The Labute approximate surface area is 191 Å². The molecular weight excluding hydrogens is 426 g/mol. The Bertz CT molecular complexity index is 1050. The molecular formula is C22H27N7O4. The van der Waals surface area contributed by atoms with Crippen molar-refractivity contribution in [1.29, 1.82) is 0 Å². The van der Waals surface area contributed by atoms with Gasteiger partial charge >= 0.3 is 6.09 Å². The smallest absolute Gasteiger partial charge is 0.412 e. The molecule has 0 fully saturated rings. The van der Waals surface area contributed by atoms with Gasteiger partial charge in [-0.25, -0.2) is 14.5 Å². The number of nitrogens with zero attached hydrogens (tertiary/aromatic N) is 6. The molecule has 3 rings (SSSR count). The quantitative estimate of drug-likeness (QED) is 0.267. The number of tetrazole rings is 1. The van der Waals surface area contributed by atoms with Gasteiger partial charge in [-0.3, -0.25) is 5.32 Å². The fourth-order valence-corrected chi connectivity index (χ4v) is 2.72. The van der Waals surface area contributed by atoms with Gasteiger partial charge in [-0.15, -0.1) is 5.10 Å². The predicted octanol–water partition coefficient (Wildman–Crippen LogP) is 2.94. The first-order valence-corrected chi connectivity index (χ1v) is 10.5. The lowest BCUT2D eigenvalue weighted by molar-refractivity contribution is 0.0642. The van der Waals surface area contributed by atoms with E-state index < -0.39 is 6.09 Å². The number of oxime groups is 1. The lowest BCUT2D eigenvalue weighted by Crippen LogP contribution is -2.17. The highest BCUT2D eigenvalue weighted by atomic mass is 16.6. The number of anilines is 1. The van der Waals surface area contributed by atoms with Crippen LogP contribution in [0.2, 0.25) is 0 Å². The molecule has 0 aliphatic carbocycles. The molecule has 3 aromatic rings. The lowest BCUT2D eigenvalue weighted by atomic mass is 10.1. The minimum atomic E-state index is -0.579. The number of pyridine rings is 1. The zero-order valence-electron chi connectivity index (χ0n) is 18.8. The molecule has 11 nitrogen and oxygen atoms in total. The third-order valence-electron chi connectivity index (χ3n) is 4.26. The maximum Gasteiger partial charge on any atom is 0.412 e. The average Bonchev–Trinajstić information content (AvgIpc) is 3.22. The van der Waals surface area contributed by atoms with Gasteiger partial charge in [0.2, 0.25) is 5.82 Å². The molecule has 0 saturated carbocycles. The Morgan fingerprint density at radius 3 is 2.67 bits per heavy atom. The molecule has 33 heavy (non-hydrogen) atoms. The van der Waals surface area contributed by atoms with Crippen LogP contribution in [-0.4, -0.2) is 56.3 Å². The van der Waals surface area contributed by atoms with Crippen molar-refractivity contribution in [3.63, 3.8) is 0 Å². The third-order valence-corrected chi connectivity index (χ3v) is 4.26. The maximum absolute atomic E-state index is 12.0. The number of hydrogen-bond donors (Lipinski definition) is 1. The molecule has 1 amide bonds. The zero-order valence-corrected chi connectivity index (χ0v) is 18.8. The summed E-state index contributed by atoms with van der Waals surface area (Å²) in [7, 11) is 1.72. The van der Waals surface area contributed by atoms with Gasteiger partial charge in [-0.2, -0.15) is 0 Å². The van der Waals surface area contributed by atoms with Crippen LogP contribution in [0.1, 0.15) is 37.4 Å². The Balaban J connectivity index is 1.57. The van der Waals surface area contributed by atoms with Crippen molar-refractivity contribution in [2.24, 2.45) is 12.2 Å². The highest BCUT2D eigenvalue weighted by Crippen LogP contribution is 2.10. The molecule has 0 aliphatic heterocycles. The topological polar surface area (TPSA) is 126 Å². The van der Waals surface area contributed by atoms with E-state index >= 15 is 0 Å². The van der Waals surface area contributed by atoms with Crippen molar-refractivity contribution in [3.8, 4) is 0 Å². The van der Waals surface area contributed by atoms with E-state index in [4.69, 9.17) is 14.3 Å². The molecule has 1 aromatic carbocycles. The van der Waals surface area contributed by atoms with Gasteiger partial charge in [-0.05, 0) is 36.4 Å². The Morgan fingerprint density at radius 1 is 1.12 bits per heavy atom. The molecule has 2 aromatic heterocycles. The first kappa shape index (κ1) is 23.8. The van der Waals surface area contributed by atoms with Crippen LogP contribution >= 0.6 is 0 Å². The number of ether oxygens (including phenoxy) is 2. The van der Waals surface area contributed by atoms with Gasteiger partial charge in [0.25, 0.3) is 0 Å². The molecule has 0 aliphatic rings. The van der Waals surface area contributed by atoms with Gasteiger partial charge in [0, 0.05) is 19.0 Å². The van der Waals surface area contributed by atoms with Gasteiger partial charge in [0.15, 0.2) is 12.3 Å². The molecule has 11 heteroatoms. The standard InChI is InChI=1S/C22H27N7O4/c1-16(2)31-13-8-14-32-22(30)24-19-12-7-11-18(23-19)15-33-26-20(17-9-5-4-6-10-17)21-25-27-28-29(21)3/h4-7,9-12,16H,8,13-15H2,1-3H3,(H,23,24,30). The summed E-state index contributed by atoms with van der Waals surface area (Å²) in [5.74, 6) is 0.815. The third kappa shape index (κ3) is 7.65. The number of carbonyl (C=O) groups is 1. The number of carbonyl (C=O) groups excluding carboxylic acids is 1. The second-order valence-electron chi connectivity index (χ2n) is 7.25. The Kier molecular flexibility index (Phi) is 8.83. The van der Waals surface area contributed by atoms with Gasteiger partial charge in [0.1, 0.15) is 5.82 Å². The number of nitrogens with one attached hydrogen (secondary N) is 1. The van der Waals surface area contributed by atoms with Crippen molar-refractivity contribution < 1.29 is 19.1 Å². The van der Waals surface area contributed by atoms with E-state index in [2.05, 4.69) is 31.0 Å². The van der Waals surface area contributed by atoms with E-state index in [0.29, 0.717) is 36.1 Å². The molecule has 174 valence electrons. The largest absolute Gasteiger partial charge is 0.449 e. The average molecular weight is 454 g/mol. The summed E-state index contributed by atoms with van der Waals surface area (Å²) in [6, 6.07) is 14.7. The molecule has 2 heterocycles. The van der Waals surface area contributed by atoms with Crippen molar-refractivity contribution in [3.05, 3.63) is 65.6 Å². The SMILES string of the molecule is CC(C)OCCCOC(=O)Nc1cccc(CON=C(c2ccccc2)c2nnnn2C)n1. The lowest BCUT2D eigenvalue weighted by Gasteiger charge is -2.09. The van der Waals surface area contributed by atoms with Crippen LogP contribution < -0.4 is 5.32 Å². The summed E-state index contributed by atoms with van der Waals surface area (Å²) in [4.78, 5) is 21.9. The first-order valence-electron chi connectivity index (χ1n) is 10.5. The molecule has 0 bridgehead atoms. The van der Waals surface area contributed by atoms with Crippen LogP contribution in [0.15, 0.2) is 53.7 Å². The predicted molar refractivity (Wildman–Crippen MR) is 121 cm³/mol. The van der Waals surface area contributed by atoms with Crippen LogP contribution in [0.4, 0.5) is 10.6 Å². The monoisotopic (exact) mass is 453 g/mol. The van der Waals surface area contributed by atoms with Crippen molar-refractivity contribution in [2.45, 2.75) is 33.0 Å². The van der Waals surface area contributed by atoms with Crippen molar-refractivity contribution in [1.82, 2.24) is 25.2 Å². The second-order valence-corrected chi connectivity index (χ2v) is 7.25. The number of aromatic nitrogens is 5. The van der Waals surface area contributed by atoms with Crippen LogP contribution in [0.3, 0.4) is 0 Å². The fourth-order valence-electron chi connectivity index (χ4n) is 2.72.